The molecule has 1 aromatic carbocycles. The van der Waals surface area contributed by atoms with E-state index >= 15 is 0 Å². The molecule has 0 aliphatic heterocycles. The van der Waals surface area contributed by atoms with Crippen molar-refractivity contribution in [2.24, 2.45) is 0 Å². The first-order valence-corrected chi connectivity index (χ1v) is 8.08. The Morgan fingerprint density at radius 2 is 2.13 bits per heavy atom. The monoisotopic (exact) mass is 335 g/mol. The number of rotatable bonds is 5. The van der Waals surface area contributed by atoms with Crippen LogP contribution in [0.2, 0.25) is 0 Å². The van der Waals surface area contributed by atoms with Crippen molar-refractivity contribution >= 4 is 21.1 Å². The van der Waals surface area contributed by atoms with Gasteiger partial charge < -0.3 is 9.15 Å². The molecular formula is C14H13N3O5S. The van der Waals surface area contributed by atoms with Gasteiger partial charge in [0.05, 0.1) is 17.5 Å². The number of fused-ring (bicyclic) bond motifs is 1. The number of pyridine rings is 1. The summed E-state index contributed by atoms with van der Waals surface area (Å²) in [5.41, 5.74) is 1.33. The van der Waals surface area contributed by atoms with Crippen molar-refractivity contribution in [3.05, 3.63) is 52.6 Å². The summed E-state index contributed by atoms with van der Waals surface area (Å²) >= 11 is 0. The molecule has 0 amide bonds. The maximum atomic E-state index is 12.3. The summed E-state index contributed by atoms with van der Waals surface area (Å²) in [4.78, 5) is 17.5. The third kappa shape index (κ3) is 3.25. The summed E-state index contributed by atoms with van der Waals surface area (Å²) in [6.07, 6.45) is 1.53. The van der Waals surface area contributed by atoms with Crippen LogP contribution >= 0.6 is 0 Å². The summed E-state index contributed by atoms with van der Waals surface area (Å²) in [6, 6.07) is 7.46. The molecule has 0 aliphatic rings. The van der Waals surface area contributed by atoms with Crippen molar-refractivity contribution in [3.63, 3.8) is 0 Å². The standard InChI is InChI=1S/C14H13N3O5S/c1-21-13-6-9(4-5-15-13)8-16-23(19,20)10-2-3-12-11(7-10)17-14(18)22-12/h2-7,16H,8H2,1H3,(H,17,18). The van der Waals surface area contributed by atoms with Crippen molar-refractivity contribution in [1.82, 2.24) is 14.7 Å². The molecule has 0 spiro atoms. The van der Waals surface area contributed by atoms with Crippen LogP contribution in [-0.4, -0.2) is 25.5 Å². The summed E-state index contributed by atoms with van der Waals surface area (Å²) < 4.78 is 37.0. The highest BCUT2D eigenvalue weighted by Crippen LogP contribution is 2.17. The Labute approximate surface area is 131 Å². The van der Waals surface area contributed by atoms with Gasteiger partial charge in [0.1, 0.15) is 0 Å². The molecule has 3 rings (SSSR count). The summed E-state index contributed by atoms with van der Waals surface area (Å²) in [5.74, 6) is -0.231. The van der Waals surface area contributed by atoms with Gasteiger partial charge in [-0.1, -0.05) is 0 Å². The molecule has 23 heavy (non-hydrogen) atoms. The molecule has 2 heterocycles. The zero-order chi connectivity index (χ0) is 16.4. The van der Waals surface area contributed by atoms with E-state index in [1.165, 1.54) is 31.5 Å². The lowest BCUT2D eigenvalue weighted by Crippen LogP contribution is -2.23. The van der Waals surface area contributed by atoms with Crippen molar-refractivity contribution in [2.75, 3.05) is 7.11 Å². The van der Waals surface area contributed by atoms with E-state index in [9.17, 15) is 13.2 Å². The van der Waals surface area contributed by atoms with Gasteiger partial charge in [-0.25, -0.2) is 22.9 Å². The second kappa shape index (κ2) is 5.86. The molecule has 0 fully saturated rings. The first kappa shape index (κ1) is 15.3. The van der Waals surface area contributed by atoms with Gasteiger partial charge in [0.15, 0.2) is 5.58 Å². The maximum absolute atomic E-state index is 12.3. The summed E-state index contributed by atoms with van der Waals surface area (Å²) in [5, 5.41) is 0. The van der Waals surface area contributed by atoms with E-state index in [0.717, 1.165) is 0 Å². The van der Waals surface area contributed by atoms with Crippen LogP contribution in [0.25, 0.3) is 11.1 Å². The van der Waals surface area contributed by atoms with Gasteiger partial charge in [-0.15, -0.1) is 0 Å². The molecule has 0 saturated carbocycles. The predicted octanol–water partition coefficient (Wildman–Crippen LogP) is 1.00. The number of oxazole rings is 1. The van der Waals surface area contributed by atoms with E-state index in [1.54, 1.807) is 12.1 Å². The van der Waals surface area contributed by atoms with Crippen LogP contribution in [-0.2, 0) is 16.6 Å². The quantitative estimate of drug-likeness (QED) is 0.719. The second-order valence-corrected chi connectivity index (χ2v) is 6.47. The fraction of sp³-hybridized carbons (Fsp3) is 0.143. The Balaban J connectivity index is 1.83. The number of methoxy groups -OCH3 is 1. The minimum atomic E-state index is -3.74. The molecule has 2 aromatic heterocycles. The molecule has 0 saturated heterocycles. The normalized spacial score (nSPS) is 11.7. The minimum absolute atomic E-state index is 0.0306. The number of H-pyrrole nitrogens is 1. The SMILES string of the molecule is COc1cc(CNS(=O)(=O)c2ccc3oc(=O)[nH]c3c2)ccn1. The Bertz CT molecular complexity index is 1010. The molecular weight excluding hydrogens is 322 g/mol. The number of ether oxygens (including phenoxy) is 1. The van der Waals surface area contributed by atoms with E-state index in [-0.39, 0.29) is 11.4 Å². The zero-order valence-electron chi connectivity index (χ0n) is 12.1. The number of hydrogen-bond acceptors (Lipinski definition) is 6. The molecule has 0 unspecified atom stereocenters. The maximum Gasteiger partial charge on any atom is 0.417 e. The predicted molar refractivity (Wildman–Crippen MR) is 81.6 cm³/mol. The first-order valence-electron chi connectivity index (χ1n) is 6.59. The van der Waals surface area contributed by atoms with Gasteiger partial charge in [0.2, 0.25) is 15.9 Å². The number of nitrogens with one attached hydrogen (secondary N) is 2. The first-order chi connectivity index (χ1) is 11.0. The third-order valence-corrected chi connectivity index (χ3v) is 4.57. The zero-order valence-corrected chi connectivity index (χ0v) is 12.9. The Hall–Kier alpha value is -2.65. The number of hydrogen-bond donors (Lipinski definition) is 2. The fourth-order valence-electron chi connectivity index (χ4n) is 2.03. The van der Waals surface area contributed by atoms with Gasteiger partial charge in [0.25, 0.3) is 0 Å². The van der Waals surface area contributed by atoms with Crippen LogP contribution in [0.4, 0.5) is 0 Å². The van der Waals surface area contributed by atoms with Crippen LogP contribution in [0.5, 0.6) is 5.88 Å². The van der Waals surface area contributed by atoms with Crippen molar-refractivity contribution < 1.29 is 17.6 Å². The smallest absolute Gasteiger partial charge is 0.417 e. The highest BCUT2D eigenvalue weighted by atomic mass is 32.2. The lowest BCUT2D eigenvalue weighted by Gasteiger charge is -2.07. The molecule has 2 N–H and O–H groups in total. The minimum Gasteiger partial charge on any atom is -0.481 e. The van der Waals surface area contributed by atoms with Gasteiger partial charge in [-0.05, 0) is 29.8 Å². The van der Waals surface area contributed by atoms with E-state index in [1.807, 2.05) is 0 Å². The lowest BCUT2D eigenvalue weighted by atomic mass is 10.3. The van der Waals surface area contributed by atoms with Gasteiger partial charge in [-0.3, -0.25) is 4.98 Å². The number of aromatic nitrogens is 2. The number of sulfonamides is 1. The molecule has 0 aliphatic carbocycles. The molecule has 120 valence electrons. The molecule has 3 aromatic rings. The largest absolute Gasteiger partial charge is 0.481 e. The van der Waals surface area contributed by atoms with E-state index in [4.69, 9.17) is 9.15 Å². The molecule has 9 heteroatoms. The van der Waals surface area contributed by atoms with E-state index in [0.29, 0.717) is 22.5 Å². The van der Waals surface area contributed by atoms with Crippen molar-refractivity contribution in [2.45, 2.75) is 11.4 Å². The second-order valence-electron chi connectivity index (χ2n) is 4.70. The van der Waals surface area contributed by atoms with Crippen LogP contribution in [0.3, 0.4) is 0 Å². The van der Waals surface area contributed by atoms with Crippen LogP contribution in [0.15, 0.2) is 50.6 Å². The molecule has 0 atom stereocenters. The Morgan fingerprint density at radius 3 is 2.91 bits per heavy atom. The van der Waals surface area contributed by atoms with Crippen molar-refractivity contribution in [3.8, 4) is 5.88 Å². The number of aromatic amines is 1. The van der Waals surface area contributed by atoms with Gasteiger partial charge in [-0.2, -0.15) is 0 Å². The highest BCUT2D eigenvalue weighted by molar-refractivity contribution is 7.89. The van der Waals surface area contributed by atoms with Gasteiger partial charge in [0, 0.05) is 18.8 Å². The van der Waals surface area contributed by atoms with E-state index in [2.05, 4.69) is 14.7 Å². The summed E-state index contributed by atoms with van der Waals surface area (Å²) in [7, 11) is -2.25. The van der Waals surface area contributed by atoms with Crippen LogP contribution in [0, 0.1) is 0 Å². The lowest BCUT2D eigenvalue weighted by molar-refractivity contribution is 0.397. The Kier molecular flexibility index (Phi) is 3.89. The fourth-order valence-corrected chi connectivity index (χ4v) is 3.08. The topological polar surface area (TPSA) is 114 Å². The number of nitrogens with zero attached hydrogens (tertiary/aromatic N) is 1. The average Bonchev–Trinajstić information content (AvgIpc) is 2.92. The molecule has 0 bridgehead atoms. The highest BCUT2D eigenvalue weighted by Gasteiger charge is 2.15. The molecule has 8 nitrogen and oxygen atoms in total. The Morgan fingerprint density at radius 1 is 1.30 bits per heavy atom. The van der Waals surface area contributed by atoms with E-state index < -0.39 is 15.8 Å². The van der Waals surface area contributed by atoms with Gasteiger partial charge >= 0.3 is 5.76 Å². The third-order valence-electron chi connectivity index (χ3n) is 3.18. The summed E-state index contributed by atoms with van der Waals surface area (Å²) in [6.45, 7) is 0.0845. The van der Waals surface area contributed by atoms with Crippen LogP contribution < -0.4 is 15.2 Å². The average molecular weight is 335 g/mol. The van der Waals surface area contributed by atoms with Crippen molar-refractivity contribution in [1.29, 1.82) is 0 Å². The van der Waals surface area contributed by atoms with Crippen LogP contribution in [0.1, 0.15) is 5.56 Å². The number of benzene rings is 1. The molecule has 0 radical (unpaired) electrons.